The molecule has 65 valence electrons. The van der Waals surface area contributed by atoms with Crippen LogP contribution in [0.25, 0.3) is 0 Å². The molecule has 0 aliphatic carbocycles. The van der Waals surface area contributed by atoms with Crippen LogP contribution < -0.4 is 4.74 Å². The van der Waals surface area contributed by atoms with E-state index in [9.17, 15) is 4.79 Å². The molecule has 0 saturated carbocycles. The summed E-state index contributed by atoms with van der Waals surface area (Å²) < 4.78 is 4.78. The third kappa shape index (κ3) is 3.28. The Morgan fingerprint density at radius 3 is 2.46 bits per heavy atom. The molecule has 0 heterocycles. The Balaban J connectivity index is 0.00000144. The van der Waals surface area contributed by atoms with Gasteiger partial charge in [0, 0.05) is 57.5 Å². The molecule has 0 amide bonds. The summed E-state index contributed by atoms with van der Waals surface area (Å²) in [5.74, 6) is -1.02. The van der Waals surface area contributed by atoms with Gasteiger partial charge in [-0.2, -0.15) is 0 Å². The minimum atomic E-state index is -1.16. The zero-order valence-corrected chi connectivity index (χ0v) is 10.6. The molecule has 0 unspecified atom stereocenters. The third-order valence-electron chi connectivity index (χ3n) is 1.44. The van der Waals surface area contributed by atoms with E-state index in [0.717, 1.165) is 0 Å². The van der Waals surface area contributed by atoms with Crippen LogP contribution >= 0.6 is 0 Å². The molecule has 0 saturated heterocycles. The van der Waals surface area contributed by atoms with E-state index in [2.05, 4.69) is 0 Å². The molecule has 1 aromatic carbocycles. The Labute approximate surface area is 118 Å². The van der Waals surface area contributed by atoms with Crippen molar-refractivity contribution in [3.8, 4) is 11.5 Å². The summed E-state index contributed by atoms with van der Waals surface area (Å²) in [6.45, 7) is 0. The van der Waals surface area contributed by atoms with Gasteiger partial charge in [0.05, 0.1) is 7.11 Å². The normalized spacial score (nSPS) is 8.69. The fourth-order valence-electron chi connectivity index (χ4n) is 0.819. The number of carboxylic acids is 1. The Hall–Kier alpha value is -0.0736. The molecular weight excluding hydrogens is 199 g/mol. The number of aromatic carboxylic acids is 1. The number of rotatable bonds is 2. The second-order valence-electron chi connectivity index (χ2n) is 2.19. The molecule has 5 heteroatoms. The van der Waals surface area contributed by atoms with Gasteiger partial charge in [0.2, 0.25) is 0 Å². The smallest absolute Gasteiger partial charge is 0.339 e. The molecule has 1 aromatic rings. The fraction of sp³-hybridized carbons (Fsp3) is 0.125. The summed E-state index contributed by atoms with van der Waals surface area (Å²) in [4.78, 5) is 10.4. The summed E-state index contributed by atoms with van der Waals surface area (Å²) in [6, 6.07) is 4.02. The maximum atomic E-state index is 10.4. The van der Waals surface area contributed by atoms with Crippen molar-refractivity contribution in [2.24, 2.45) is 0 Å². The number of carbonyl (C=O) groups is 1. The van der Waals surface area contributed by atoms with Crippen LogP contribution in [0, 0.1) is 0 Å². The Kier molecular flexibility index (Phi) is 5.58. The first-order chi connectivity index (χ1) is 5.65. The van der Waals surface area contributed by atoms with Crippen LogP contribution in [0.2, 0.25) is 0 Å². The van der Waals surface area contributed by atoms with Gasteiger partial charge in [-0.3, -0.25) is 0 Å². The quantitative estimate of drug-likeness (QED) is 0.701. The molecule has 2 N–H and O–H groups in total. The Bertz CT molecular complexity index is 311. The van der Waals surface area contributed by atoms with Crippen LogP contribution in [0.1, 0.15) is 10.4 Å². The minimum absolute atomic E-state index is 0. The van der Waals surface area contributed by atoms with E-state index >= 15 is 0 Å². The average Bonchev–Trinajstić information content (AvgIpc) is 2.03. The second-order valence-corrected chi connectivity index (χ2v) is 2.19. The van der Waals surface area contributed by atoms with E-state index in [1.807, 2.05) is 0 Å². The van der Waals surface area contributed by atoms with Gasteiger partial charge in [0.15, 0.2) is 0 Å². The summed E-state index contributed by atoms with van der Waals surface area (Å²) in [5, 5.41) is 17.7. The predicted octanol–water partition coefficient (Wildman–Crippen LogP) is 0.718. The van der Waals surface area contributed by atoms with E-state index < -0.39 is 5.97 Å². The van der Waals surface area contributed by atoms with Gasteiger partial charge < -0.3 is 14.9 Å². The fourth-order valence-corrected chi connectivity index (χ4v) is 0.819. The number of hydrogen-bond donors (Lipinski definition) is 2. The molecule has 0 bridgehead atoms. The number of hydrogen-bond acceptors (Lipinski definition) is 3. The Morgan fingerprint density at radius 2 is 2.08 bits per heavy atom. The first-order valence-corrected chi connectivity index (χ1v) is 3.25. The monoisotopic (exact) mass is 207 g/mol. The van der Waals surface area contributed by atoms with Crippen molar-refractivity contribution in [3.63, 3.8) is 0 Å². The zero-order valence-electron chi connectivity index (χ0n) is 7.44. The molecule has 0 fully saturated rings. The van der Waals surface area contributed by atoms with E-state index in [0.29, 0.717) is 5.75 Å². The van der Waals surface area contributed by atoms with Gasteiger partial charge in [0.1, 0.15) is 17.1 Å². The summed E-state index contributed by atoms with van der Waals surface area (Å²) in [5.41, 5.74) is -0.129. The van der Waals surface area contributed by atoms with Crippen LogP contribution in [-0.4, -0.2) is 74.7 Å². The Morgan fingerprint density at radius 1 is 1.46 bits per heavy atom. The van der Waals surface area contributed by atoms with Crippen molar-refractivity contribution in [3.05, 3.63) is 23.8 Å². The van der Waals surface area contributed by atoms with Crippen molar-refractivity contribution in [2.45, 2.75) is 0 Å². The van der Waals surface area contributed by atoms with Gasteiger partial charge >= 0.3 is 5.97 Å². The van der Waals surface area contributed by atoms with Crippen molar-refractivity contribution >= 4 is 57.4 Å². The third-order valence-corrected chi connectivity index (χ3v) is 1.44. The molecule has 0 atom stereocenters. The van der Waals surface area contributed by atoms with E-state index in [-0.39, 0.29) is 62.7 Å². The van der Waals surface area contributed by atoms with Crippen LogP contribution in [0.5, 0.6) is 11.5 Å². The van der Waals surface area contributed by atoms with Crippen molar-refractivity contribution in [1.82, 2.24) is 0 Å². The SMILES string of the molecule is COc1ccc(C(=O)O)c(O)c1.[K]. The van der Waals surface area contributed by atoms with Crippen LogP contribution in [0.15, 0.2) is 18.2 Å². The molecule has 1 rings (SSSR count). The number of phenols is 1. The molecule has 13 heavy (non-hydrogen) atoms. The number of carboxylic acid groups (broad SMARTS) is 1. The first kappa shape index (κ1) is 12.9. The molecular formula is C8H8KO4. The van der Waals surface area contributed by atoms with Crippen LogP contribution in [0.3, 0.4) is 0 Å². The van der Waals surface area contributed by atoms with E-state index in [1.165, 1.54) is 25.3 Å². The molecule has 0 aliphatic rings. The van der Waals surface area contributed by atoms with E-state index in [4.69, 9.17) is 14.9 Å². The number of ether oxygens (including phenoxy) is 1. The van der Waals surface area contributed by atoms with E-state index in [1.54, 1.807) is 0 Å². The van der Waals surface area contributed by atoms with Gasteiger partial charge in [-0.25, -0.2) is 4.79 Å². The van der Waals surface area contributed by atoms with Crippen LogP contribution in [0.4, 0.5) is 0 Å². The van der Waals surface area contributed by atoms with Crippen molar-refractivity contribution in [1.29, 1.82) is 0 Å². The maximum absolute atomic E-state index is 10.4. The predicted molar refractivity (Wildman–Crippen MR) is 47.4 cm³/mol. The molecule has 0 spiro atoms. The van der Waals surface area contributed by atoms with Gasteiger partial charge in [-0.05, 0) is 12.1 Å². The topological polar surface area (TPSA) is 66.8 Å². The molecule has 0 aromatic heterocycles. The van der Waals surface area contributed by atoms with Gasteiger partial charge in [0.25, 0.3) is 0 Å². The van der Waals surface area contributed by atoms with Gasteiger partial charge in [-0.15, -0.1) is 0 Å². The number of methoxy groups -OCH3 is 1. The minimum Gasteiger partial charge on any atom is -0.507 e. The van der Waals surface area contributed by atoms with Crippen molar-refractivity contribution in [2.75, 3.05) is 7.11 Å². The first-order valence-electron chi connectivity index (χ1n) is 3.25. The molecule has 0 aliphatic heterocycles. The zero-order chi connectivity index (χ0) is 9.14. The molecule has 4 nitrogen and oxygen atoms in total. The number of benzene rings is 1. The summed E-state index contributed by atoms with van der Waals surface area (Å²) in [6.07, 6.45) is 0. The van der Waals surface area contributed by atoms with Crippen molar-refractivity contribution < 1.29 is 19.7 Å². The maximum Gasteiger partial charge on any atom is 0.339 e. The van der Waals surface area contributed by atoms with Crippen LogP contribution in [-0.2, 0) is 0 Å². The second kappa shape index (κ2) is 5.61. The summed E-state index contributed by atoms with van der Waals surface area (Å²) in [7, 11) is 1.44. The standard InChI is InChI=1S/C8H8O4.K/c1-12-5-2-3-6(8(10)11)7(9)4-5;/h2-4,9H,1H3,(H,10,11);. The number of aromatic hydroxyl groups is 1. The largest absolute Gasteiger partial charge is 0.507 e. The molecule has 1 radical (unpaired) electrons. The average molecular weight is 207 g/mol. The summed E-state index contributed by atoms with van der Waals surface area (Å²) >= 11 is 0. The van der Waals surface area contributed by atoms with Gasteiger partial charge in [-0.1, -0.05) is 0 Å².